The Kier molecular flexibility index (Phi) is 3.56. The average Bonchev–Trinajstić information content (AvgIpc) is 1.63. The number of hydrogen-bond acceptors (Lipinski definition) is 3. The summed E-state index contributed by atoms with van der Waals surface area (Å²) in [6, 6.07) is 0. The van der Waals surface area contributed by atoms with E-state index in [-0.39, 0.29) is 0 Å². The molecule has 1 amide bonds. The molecule has 0 saturated heterocycles. The number of amides is 1. The fourth-order valence-corrected chi connectivity index (χ4v) is 0.831. The first kappa shape index (κ1) is 8.71. The smallest absolute Gasteiger partial charge is 0.248 e. The van der Waals surface area contributed by atoms with Gasteiger partial charge < -0.3 is 0 Å². The van der Waals surface area contributed by atoms with Crippen LogP contribution in [0.3, 0.4) is 0 Å². The molecular formula is C4H9FN2OS. The molecule has 0 aliphatic rings. The number of rotatable bonds is 2. The SMILES string of the molecule is CN(C)SN(C)C(=O)F. The maximum absolute atomic E-state index is 11.7. The molecule has 0 unspecified atom stereocenters. The van der Waals surface area contributed by atoms with Crippen LogP contribution in [0.4, 0.5) is 9.18 Å². The molecule has 0 radical (unpaired) electrons. The zero-order valence-electron chi connectivity index (χ0n) is 5.59. The highest BCUT2D eigenvalue weighted by molar-refractivity contribution is 7.95. The molecule has 0 saturated carbocycles. The molecule has 0 N–H and O–H groups in total. The summed E-state index contributed by atoms with van der Waals surface area (Å²) in [5, 5.41) is 0. The zero-order chi connectivity index (χ0) is 7.44. The molecule has 0 aromatic rings. The van der Waals surface area contributed by atoms with Crippen molar-refractivity contribution in [3.05, 3.63) is 0 Å². The van der Waals surface area contributed by atoms with E-state index in [2.05, 4.69) is 0 Å². The predicted octanol–water partition coefficient (Wildman–Crippen LogP) is 1.13. The number of halogens is 1. The summed E-state index contributed by atoms with van der Waals surface area (Å²) >= 11 is 1.00. The Morgan fingerprint density at radius 2 is 1.89 bits per heavy atom. The van der Waals surface area contributed by atoms with Crippen molar-refractivity contribution in [2.45, 2.75) is 0 Å². The normalized spacial score (nSPS) is 9.89. The van der Waals surface area contributed by atoms with E-state index in [1.165, 1.54) is 7.05 Å². The molecule has 0 atom stereocenters. The van der Waals surface area contributed by atoms with Crippen LogP contribution in [0.15, 0.2) is 0 Å². The van der Waals surface area contributed by atoms with E-state index in [9.17, 15) is 9.18 Å². The van der Waals surface area contributed by atoms with Crippen LogP contribution >= 0.6 is 12.1 Å². The number of nitrogens with zero attached hydrogens (tertiary/aromatic N) is 2. The van der Waals surface area contributed by atoms with Crippen LogP contribution in [-0.2, 0) is 0 Å². The standard InChI is InChI=1S/C4H9FN2OS/c1-6(2)9-7(3)4(5)8/h1-3H3. The van der Waals surface area contributed by atoms with Gasteiger partial charge in [-0.2, -0.15) is 0 Å². The van der Waals surface area contributed by atoms with Gasteiger partial charge in [0.05, 0.1) is 0 Å². The zero-order valence-corrected chi connectivity index (χ0v) is 6.41. The monoisotopic (exact) mass is 152 g/mol. The first-order valence-corrected chi connectivity index (χ1v) is 3.05. The minimum absolute atomic E-state index is 0.903. The Labute approximate surface area is 58.1 Å². The topological polar surface area (TPSA) is 23.6 Å². The maximum Gasteiger partial charge on any atom is 0.410 e. The van der Waals surface area contributed by atoms with Crippen molar-refractivity contribution in [1.82, 2.24) is 8.61 Å². The van der Waals surface area contributed by atoms with Crippen LogP contribution in [0, 0.1) is 0 Å². The highest BCUT2D eigenvalue weighted by Gasteiger charge is 2.06. The number of carbonyl (C=O) groups is 1. The lowest BCUT2D eigenvalue weighted by molar-refractivity contribution is 0.209. The van der Waals surface area contributed by atoms with Crippen molar-refractivity contribution in [2.24, 2.45) is 0 Å². The van der Waals surface area contributed by atoms with E-state index in [4.69, 9.17) is 0 Å². The first-order valence-electron chi connectivity index (χ1n) is 2.32. The van der Waals surface area contributed by atoms with E-state index >= 15 is 0 Å². The molecule has 54 valence electrons. The van der Waals surface area contributed by atoms with Gasteiger partial charge in [0.15, 0.2) is 0 Å². The third-order valence-electron chi connectivity index (χ3n) is 0.533. The lowest BCUT2D eigenvalue weighted by atomic mass is 11.2. The predicted molar refractivity (Wildman–Crippen MR) is 35.5 cm³/mol. The number of carbonyl (C=O) groups excluding carboxylic acids is 1. The summed E-state index contributed by atoms with van der Waals surface area (Å²) in [7, 11) is 4.82. The van der Waals surface area contributed by atoms with Gasteiger partial charge in [0, 0.05) is 19.2 Å². The van der Waals surface area contributed by atoms with Gasteiger partial charge in [0.2, 0.25) is 0 Å². The maximum atomic E-state index is 11.7. The molecule has 0 bridgehead atoms. The van der Waals surface area contributed by atoms with Crippen molar-refractivity contribution in [1.29, 1.82) is 0 Å². The third-order valence-corrected chi connectivity index (χ3v) is 1.25. The van der Waals surface area contributed by atoms with E-state index in [1.807, 2.05) is 0 Å². The average molecular weight is 152 g/mol. The van der Waals surface area contributed by atoms with Gasteiger partial charge in [-0.3, -0.25) is 0 Å². The minimum Gasteiger partial charge on any atom is -0.248 e. The fourth-order valence-electron chi connectivity index (χ4n) is 0.277. The highest BCUT2D eigenvalue weighted by Crippen LogP contribution is 2.09. The molecule has 5 heteroatoms. The second kappa shape index (κ2) is 3.68. The molecule has 0 spiro atoms. The van der Waals surface area contributed by atoms with Crippen molar-refractivity contribution < 1.29 is 9.18 Å². The van der Waals surface area contributed by atoms with Gasteiger partial charge in [0.25, 0.3) is 0 Å². The molecule has 3 nitrogen and oxygen atoms in total. The molecule has 0 rings (SSSR count). The summed E-state index contributed by atoms with van der Waals surface area (Å²) in [5.41, 5.74) is 0. The molecule has 0 aliphatic carbocycles. The van der Waals surface area contributed by atoms with Crippen LogP contribution in [0.5, 0.6) is 0 Å². The summed E-state index contributed by atoms with van der Waals surface area (Å²) in [6.45, 7) is 0. The Bertz CT molecular complexity index is 109. The molecule has 9 heavy (non-hydrogen) atoms. The van der Waals surface area contributed by atoms with Crippen LogP contribution in [0.25, 0.3) is 0 Å². The summed E-state index contributed by atoms with van der Waals surface area (Å²) in [6.07, 6.45) is -1.44. The van der Waals surface area contributed by atoms with Gasteiger partial charge in [0.1, 0.15) is 0 Å². The van der Waals surface area contributed by atoms with Crippen molar-refractivity contribution in [2.75, 3.05) is 21.1 Å². The largest absolute Gasteiger partial charge is 0.410 e. The first-order chi connectivity index (χ1) is 4.04. The van der Waals surface area contributed by atoms with Crippen LogP contribution < -0.4 is 0 Å². The molecule has 0 fully saturated rings. The molecule has 0 heterocycles. The Morgan fingerprint density at radius 3 is 2.00 bits per heavy atom. The lowest BCUT2D eigenvalue weighted by Gasteiger charge is -2.14. The van der Waals surface area contributed by atoms with Gasteiger partial charge in [-0.15, -0.1) is 4.39 Å². The fraction of sp³-hybridized carbons (Fsp3) is 0.750. The van der Waals surface area contributed by atoms with Crippen molar-refractivity contribution in [3.63, 3.8) is 0 Å². The van der Waals surface area contributed by atoms with Gasteiger partial charge in [-0.25, -0.2) is 13.4 Å². The summed E-state index contributed by atoms with van der Waals surface area (Å²) in [4.78, 5) is 9.89. The molecule has 0 aromatic heterocycles. The Morgan fingerprint density at radius 1 is 1.44 bits per heavy atom. The number of hydrogen-bond donors (Lipinski definition) is 0. The van der Waals surface area contributed by atoms with Gasteiger partial charge in [-0.1, -0.05) is 0 Å². The van der Waals surface area contributed by atoms with Crippen LogP contribution in [0.2, 0.25) is 0 Å². The van der Waals surface area contributed by atoms with Crippen LogP contribution in [-0.4, -0.2) is 35.9 Å². The quantitative estimate of drug-likeness (QED) is 0.336. The van der Waals surface area contributed by atoms with Crippen LogP contribution in [0.1, 0.15) is 0 Å². The minimum atomic E-state index is -1.44. The van der Waals surface area contributed by atoms with Crippen molar-refractivity contribution in [3.8, 4) is 0 Å². The van der Waals surface area contributed by atoms with Gasteiger partial charge in [-0.05, 0) is 14.1 Å². The van der Waals surface area contributed by atoms with E-state index in [0.29, 0.717) is 0 Å². The molecular weight excluding hydrogens is 143 g/mol. The highest BCUT2D eigenvalue weighted by atomic mass is 32.2. The van der Waals surface area contributed by atoms with Gasteiger partial charge >= 0.3 is 6.16 Å². The summed E-state index contributed by atoms with van der Waals surface area (Å²) in [5.74, 6) is 0. The van der Waals surface area contributed by atoms with Crippen molar-refractivity contribution >= 4 is 18.3 Å². The summed E-state index contributed by atoms with van der Waals surface area (Å²) < 4.78 is 14.2. The van der Waals surface area contributed by atoms with E-state index < -0.39 is 6.16 Å². The molecule has 0 aromatic carbocycles. The third kappa shape index (κ3) is 4.23. The Hall–Kier alpha value is -0.290. The lowest BCUT2D eigenvalue weighted by Crippen LogP contribution is -2.18. The second-order valence-corrected chi connectivity index (χ2v) is 3.09. The van der Waals surface area contributed by atoms with E-state index in [1.54, 1.807) is 18.4 Å². The van der Waals surface area contributed by atoms with E-state index in [0.717, 1.165) is 16.4 Å². The molecule has 0 aliphatic heterocycles. The second-order valence-electron chi connectivity index (χ2n) is 1.64. The Balaban J connectivity index is 3.50.